The second kappa shape index (κ2) is 8.18. The Labute approximate surface area is 162 Å². The summed E-state index contributed by atoms with van der Waals surface area (Å²) >= 11 is 6.25. The number of ether oxygens (including phenoxy) is 2. The van der Waals surface area contributed by atoms with Crippen LogP contribution < -0.4 is 10.3 Å². The van der Waals surface area contributed by atoms with Gasteiger partial charge in [-0.15, -0.1) is 0 Å². The number of carbonyl (C=O) groups is 1. The molecule has 3 aromatic rings. The molecule has 9 heteroatoms. The fraction of sp³-hybridized carbons (Fsp3) is 0.105. The van der Waals surface area contributed by atoms with Crippen LogP contribution in [0.4, 0.5) is 8.78 Å². The summed E-state index contributed by atoms with van der Waals surface area (Å²) < 4.78 is 33.3. The molecule has 3 rings (SSSR count). The number of methoxy groups -OCH3 is 1. The van der Waals surface area contributed by atoms with E-state index >= 15 is 0 Å². The highest BCUT2D eigenvalue weighted by molar-refractivity contribution is 6.50. The van der Waals surface area contributed by atoms with Gasteiger partial charge in [0, 0.05) is 0 Å². The molecule has 0 saturated carbocycles. The van der Waals surface area contributed by atoms with Crippen LogP contribution in [-0.4, -0.2) is 29.7 Å². The van der Waals surface area contributed by atoms with E-state index in [-0.39, 0.29) is 33.1 Å². The number of rotatable bonds is 5. The number of nitrogens with one attached hydrogen (secondary N) is 1. The quantitative estimate of drug-likeness (QED) is 0.646. The first-order chi connectivity index (χ1) is 13.4. The molecule has 0 spiro atoms. The monoisotopic (exact) mass is 406 g/mol. The minimum absolute atomic E-state index is 0.0100. The number of alkyl halides is 2. The Morgan fingerprint density at radius 2 is 1.93 bits per heavy atom. The molecule has 0 saturated heterocycles. The minimum Gasteiger partial charge on any atom is -0.465 e. The summed E-state index contributed by atoms with van der Waals surface area (Å²) in [5.74, 6) is -0.455. The number of aromatic nitrogens is 2. The van der Waals surface area contributed by atoms with E-state index in [0.717, 1.165) is 0 Å². The SMILES string of the molecule is COC(=O)c1ccc2c(=O)[nH]c(/C(Cl)=C/c3ccc(OC(F)F)cc3)nc2c1. The number of H-pyrrole nitrogens is 1. The molecule has 0 aliphatic rings. The Morgan fingerprint density at radius 3 is 2.57 bits per heavy atom. The van der Waals surface area contributed by atoms with Crippen LogP contribution >= 0.6 is 11.6 Å². The zero-order valence-corrected chi connectivity index (χ0v) is 15.2. The molecule has 144 valence electrons. The first kappa shape index (κ1) is 19.5. The minimum atomic E-state index is -2.91. The highest BCUT2D eigenvalue weighted by Gasteiger charge is 2.11. The number of hydrogen-bond donors (Lipinski definition) is 1. The molecule has 1 N–H and O–H groups in total. The smallest absolute Gasteiger partial charge is 0.387 e. The van der Waals surface area contributed by atoms with Gasteiger partial charge in [-0.05, 0) is 42.0 Å². The standard InChI is InChI=1S/C19H13ClF2N2O4/c1-27-18(26)11-4-7-13-15(9-11)23-16(24-17(13)25)14(20)8-10-2-5-12(6-3-10)28-19(21)22/h2-9,19H,1H3,(H,23,24,25)/b14-8-. The number of esters is 1. The maximum Gasteiger partial charge on any atom is 0.387 e. The third-order valence-corrected chi connectivity index (χ3v) is 4.04. The lowest BCUT2D eigenvalue weighted by Crippen LogP contribution is -2.11. The predicted octanol–water partition coefficient (Wildman–Crippen LogP) is 4.05. The van der Waals surface area contributed by atoms with E-state index in [1.54, 1.807) is 0 Å². The van der Waals surface area contributed by atoms with Crippen molar-refractivity contribution in [3.63, 3.8) is 0 Å². The van der Waals surface area contributed by atoms with Gasteiger partial charge in [0.1, 0.15) is 5.75 Å². The first-order valence-corrected chi connectivity index (χ1v) is 8.30. The van der Waals surface area contributed by atoms with Gasteiger partial charge in [0.2, 0.25) is 0 Å². The van der Waals surface area contributed by atoms with Gasteiger partial charge in [0.15, 0.2) is 5.82 Å². The molecular weight excluding hydrogens is 394 g/mol. The Morgan fingerprint density at radius 1 is 1.21 bits per heavy atom. The zero-order valence-electron chi connectivity index (χ0n) is 14.4. The van der Waals surface area contributed by atoms with Crippen molar-refractivity contribution in [1.82, 2.24) is 9.97 Å². The van der Waals surface area contributed by atoms with Gasteiger partial charge >= 0.3 is 12.6 Å². The molecule has 0 amide bonds. The van der Waals surface area contributed by atoms with Gasteiger partial charge in [-0.25, -0.2) is 9.78 Å². The fourth-order valence-corrected chi connectivity index (χ4v) is 2.67. The van der Waals surface area contributed by atoms with Crippen molar-refractivity contribution < 1.29 is 23.0 Å². The van der Waals surface area contributed by atoms with Crippen molar-refractivity contribution >= 4 is 39.6 Å². The lowest BCUT2D eigenvalue weighted by atomic mass is 10.1. The van der Waals surface area contributed by atoms with E-state index in [0.29, 0.717) is 5.56 Å². The predicted molar refractivity (Wildman–Crippen MR) is 101 cm³/mol. The molecule has 1 heterocycles. The Balaban J connectivity index is 1.96. The van der Waals surface area contributed by atoms with Crippen molar-refractivity contribution in [2.45, 2.75) is 6.61 Å². The van der Waals surface area contributed by atoms with Crippen LogP contribution in [0.1, 0.15) is 21.7 Å². The highest BCUT2D eigenvalue weighted by atomic mass is 35.5. The molecule has 0 aliphatic carbocycles. The number of benzene rings is 2. The van der Waals surface area contributed by atoms with Crippen LogP contribution in [-0.2, 0) is 4.74 Å². The van der Waals surface area contributed by atoms with E-state index in [1.807, 2.05) is 0 Å². The second-order valence-electron chi connectivity index (χ2n) is 5.58. The molecule has 2 aromatic carbocycles. The number of fused-ring (bicyclic) bond motifs is 1. The number of aromatic amines is 1. The van der Waals surface area contributed by atoms with Crippen molar-refractivity contribution in [2.24, 2.45) is 0 Å². The lowest BCUT2D eigenvalue weighted by molar-refractivity contribution is -0.0498. The topological polar surface area (TPSA) is 81.3 Å². The third kappa shape index (κ3) is 4.34. The van der Waals surface area contributed by atoms with E-state index in [4.69, 9.17) is 11.6 Å². The van der Waals surface area contributed by atoms with Crippen molar-refractivity contribution in [3.05, 3.63) is 69.8 Å². The van der Waals surface area contributed by atoms with Gasteiger partial charge in [0.05, 0.1) is 28.6 Å². The van der Waals surface area contributed by atoms with Crippen molar-refractivity contribution in [1.29, 1.82) is 0 Å². The molecule has 0 radical (unpaired) electrons. The molecule has 0 bridgehead atoms. The van der Waals surface area contributed by atoms with Crippen molar-refractivity contribution in [2.75, 3.05) is 7.11 Å². The summed E-state index contributed by atoms with van der Waals surface area (Å²) in [7, 11) is 1.25. The Bertz CT molecular complexity index is 1110. The summed E-state index contributed by atoms with van der Waals surface area (Å²) in [5, 5.41) is 0.402. The zero-order chi connectivity index (χ0) is 20.3. The van der Waals surface area contributed by atoms with Crippen LogP contribution in [0.2, 0.25) is 0 Å². The number of halogens is 3. The van der Waals surface area contributed by atoms with Gasteiger partial charge in [-0.3, -0.25) is 4.79 Å². The van der Waals surface area contributed by atoms with Crippen LogP contribution in [0, 0.1) is 0 Å². The average Bonchev–Trinajstić information content (AvgIpc) is 2.67. The Kier molecular flexibility index (Phi) is 5.70. The number of hydrogen-bond acceptors (Lipinski definition) is 5. The van der Waals surface area contributed by atoms with Crippen LogP contribution in [0.5, 0.6) is 5.75 Å². The summed E-state index contributed by atoms with van der Waals surface area (Å²) in [5.41, 5.74) is 0.670. The van der Waals surface area contributed by atoms with Gasteiger partial charge in [-0.1, -0.05) is 23.7 Å². The summed E-state index contributed by atoms with van der Waals surface area (Å²) in [4.78, 5) is 30.8. The van der Waals surface area contributed by atoms with Crippen LogP contribution in [0.25, 0.3) is 22.0 Å². The highest BCUT2D eigenvalue weighted by Crippen LogP contribution is 2.22. The van der Waals surface area contributed by atoms with Crippen LogP contribution in [0.3, 0.4) is 0 Å². The van der Waals surface area contributed by atoms with Crippen LogP contribution in [0.15, 0.2) is 47.3 Å². The van der Waals surface area contributed by atoms with Gasteiger partial charge in [-0.2, -0.15) is 8.78 Å². The average molecular weight is 407 g/mol. The maximum absolute atomic E-state index is 12.3. The Hall–Kier alpha value is -3.26. The van der Waals surface area contributed by atoms with Crippen molar-refractivity contribution in [3.8, 4) is 5.75 Å². The first-order valence-electron chi connectivity index (χ1n) is 7.92. The molecule has 1 aromatic heterocycles. The largest absolute Gasteiger partial charge is 0.465 e. The molecular formula is C19H13ClF2N2O4. The molecule has 0 fully saturated rings. The third-order valence-electron chi connectivity index (χ3n) is 3.75. The van der Waals surface area contributed by atoms with Gasteiger partial charge < -0.3 is 14.5 Å². The van der Waals surface area contributed by atoms with E-state index < -0.39 is 18.1 Å². The summed E-state index contributed by atoms with van der Waals surface area (Å²) in [6.07, 6.45) is 1.50. The second-order valence-corrected chi connectivity index (χ2v) is 5.99. The fourth-order valence-electron chi connectivity index (χ4n) is 2.46. The summed E-state index contributed by atoms with van der Waals surface area (Å²) in [6.45, 7) is -2.91. The number of nitrogens with zero attached hydrogens (tertiary/aromatic N) is 1. The number of carbonyl (C=O) groups excluding carboxylic acids is 1. The molecule has 0 aliphatic heterocycles. The molecule has 28 heavy (non-hydrogen) atoms. The van der Waals surface area contributed by atoms with E-state index in [1.165, 1.54) is 55.7 Å². The summed E-state index contributed by atoms with van der Waals surface area (Å²) in [6, 6.07) is 10.1. The lowest BCUT2D eigenvalue weighted by Gasteiger charge is -2.05. The maximum atomic E-state index is 12.3. The normalized spacial score (nSPS) is 11.7. The van der Waals surface area contributed by atoms with E-state index in [9.17, 15) is 18.4 Å². The molecule has 0 unspecified atom stereocenters. The van der Waals surface area contributed by atoms with Gasteiger partial charge in [0.25, 0.3) is 5.56 Å². The molecule has 6 nitrogen and oxygen atoms in total. The van der Waals surface area contributed by atoms with E-state index in [2.05, 4.69) is 19.4 Å². The molecule has 0 atom stereocenters.